The summed E-state index contributed by atoms with van der Waals surface area (Å²) in [6, 6.07) is 5.56. The molecule has 9 nitrogen and oxygen atoms in total. The zero-order chi connectivity index (χ0) is 18.6. The Morgan fingerprint density at radius 2 is 2.08 bits per heavy atom. The maximum atomic E-state index is 12.4. The molecule has 1 N–H and O–H groups in total. The molecule has 134 valence electrons. The molecule has 0 aliphatic rings. The van der Waals surface area contributed by atoms with E-state index in [0.29, 0.717) is 5.56 Å². The number of aryl methyl sites for hydroxylation is 2. The van der Waals surface area contributed by atoms with E-state index >= 15 is 0 Å². The molecular formula is C16H22N5O4+. The van der Waals surface area contributed by atoms with Crippen LogP contribution in [0.2, 0.25) is 0 Å². The van der Waals surface area contributed by atoms with Gasteiger partial charge in [0.15, 0.2) is 0 Å². The summed E-state index contributed by atoms with van der Waals surface area (Å²) in [6.45, 7) is 7.34. The number of ether oxygens (including phenoxy) is 2. The van der Waals surface area contributed by atoms with Crippen molar-refractivity contribution in [3.05, 3.63) is 34.9 Å². The number of aromatic nitrogens is 4. The Morgan fingerprint density at radius 1 is 1.36 bits per heavy atom. The molecule has 1 unspecified atom stereocenters. The van der Waals surface area contributed by atoms with Gasteiger partial charge in [0.05, 0.1) is 24.3 Å². The molecule has 0 bridgehead atoms. The van der Waals surface area contributed by atoms with Crippen LogP contribution in [0.15, 0.2) is 18.2 Å². The van der Waals surface area contributed by atoms with Gasteiger partial charge in [-0.2, -0.15) is 4.68 Å². The standard InChI is InChI=1S/C16H21N5O4/c1-6-24-16(23)25-12(4)21-19-18-15(20(21)5)17-14(22)13-8-7-10(2)9-11(13)3/h7-9,12H,6H2,1-5H3/p+1. The lowest BCUT2D eigenvalue weighted by Crippen LogP contribution is -2.44. The first kappa shape index (κ1) is 18.4. The van der Waals surface area contributed by atoms with E-state index in [1.54, 1.807) is 27.0 Å². The Morgan fingerprint density at radius 3 is 2.72 bits per heavy atom. The quantitative estimate of drug-likeness (QED) is 0.652. The highest BCUT2D eigenvalue weighted by Gasteiger charge is 2.25. The highest BCUT2D eigenvalue weighted by Crippen LogP contribution is 2.12. The van der Waals surface area contributed by atoms with Crippen molar-refractivity contribution < 1.29 is 23.7 Å². The van der Waals surface area contributed by atoms with E-state index in [1.165, 1.54) is 9.48 Å². The average Bonchev–Trinajstić information content (AvgIpc) is 2.88. The summed E-state index contributed by atoms with van der Waals surface area (Å²) in [6.07, 6.45) is -1.55. The van der Waals surface area contributed by atoms with Crippen molar-refractivity contribution in [2.24, 2.45) is 7.05 Å². The zero-order valence-corrected chi connectivity index (χ0v) is 14.9. The van der Waals surface area contributed by atoms with Crippen LogP contribution >= 0.6 is 0 Å². The lowest BCUT2D eigenvalue weighted by molar-refractivity contribution is -0.752. The van der Waals surface area contributed by atoms with E-state index < -0.39 is 12.4 Å². The Bertz CT molecular complexity index is 787. The largest absolute Gasteiger partial charge is 0.510 e. The normalized spacial score (nSPS) is 11.7. The van der Waals surface area contributed by atoms with Gasteiger partial charge in [-0.1, -0.05) is 17.7 Å². The van der Waals surface area contributed by atoms with Crippen LogP contribution in [0.5, 0.6) is 0 Å². The summed E-state index contributed by atoms with van der Waals surface area (Å²) in [5.74, 6) is -0.0663. The Kier molecular flexibility index (Phi) is 5.68. The van der Waals surface area contributed by atoms with Gasteiger partial charge in [-0.05, 0) is 44.1 Å². The van der Waals surface area contributed by atoms with E-state index in [-0.39, 0.29) is 18.5 Å². The van der Waals surface area contributed by atoms with Crippen molar-refractivity contribution in [3.8, 4) is 0 Å². The number of tetrazole rings is 1. The number of benzene rings is 1. The number of carbonyl (C=O) groups is 2. The first-order chi connectivity index (χ1) is 11.8. The average molecular weight is 348 g/mol. The van der Waals surface area contributed by atoms with Gasteiger partial charge in [-0.3, -0.25) is 4.79 Å². The van der Waals surface area contributed by atoms with Crippen LogP contribution in [0.3, 0.4) is 0 Å². The van der Waals surface area contributed by atoms with Crippen LogP contribution in [-0.2, 0) is 16.5 Å². The fourth-order valence-corrected chi connectivity index (χ4v) is 2.31. The van der Waals surface area contributed by atoms with E-state index in [4.69, 9.17) is 9.47 Å². The van der Waals surface area contributed by atoms with Gasteiger partial charge in [-0.25, -0.2) is 10.1 Å². The molecule has 0 spiro atoms. The van der Waals surface area contributed by atoms with Gasteiger partial charge in [0.1, 0.15) is 5.21 Å². The number of rotatable bonds is 5. The molecule has 0 saturated carbocycles. The maximum absolute atomic E-state index is 12.4. The molecule has 0 fully saturated rings. The summed E-state index contributed by atoms with van der Waals surface area (Å²) in [7, 11) is 1.64. The fourth-order valence-electron chi connectivity index (χ4n) is 2.31. The number of nitrogens with zero attached hydrogens (tertiary/aromatic N) is 4. The third-order valence-corrected chi connectivity index (χ3v) is 3.55. The van der Waals surface area contributed by atoms with Crippen molar-refractivity contribution in [2.75, 3.05) is 11.9 Å². The SMILES string of the molecule is CCOC(=O)OC(C)n1nnc(NC(=O)c2ccc(C)cc2C)[n+]1C. The molecule has 1 atom stereocenters. The first-order valence-electron chi connectivity index (χ1n) is 7.87. The summed E-state index contributed by atoms with van der Waals surface area (Å²) in [5, 5.41) is 10.5. The van der Waals surface area contributed by atoms with Crippen LogP contribution in [0.4, 0.5) is 10.7 Å². The zero-order valence-electron chi connectivity index (χ0n) is 14.9. The van der Waals surface area contributed by atoms with Crippen molar-refractivity contribution in [2.45, 2.75) is 33.9 Å². The summed E-state index contributed by atoms with van der Waals surface area (Å²) >= 11 is 0. The number of amides is 1. The third kappa shape index (κ3) is 4.31. The van der Waals surface area contributed by atoms with Crippen LogP contribution < -0.4 is 10.00 Å². The molecule has 1 amide bonds. The fraction of sp³-hybridized carbons (Fsp3) is 0.438. The van der Waals surface area contributed by atoms with Gasteiger partial charge in [0.25, 0.3) is 5.91 Å². The van der Waals surface area contributed by atoms with E-state index in [9.17, 15) is 9.59 Å². The Balaban J connectivity index is 2.12. The number of hydrogen-bond donors (Lipinski definition) is 1. The number of carbonyl (C=O) groups excluding carboxylic acids is 2. The van der Waals surface area contributed by atoms with Gasteiger partial charge >= 0.3 is 12.1 Å². The minimum absolute atomic E-state index is 0.215. The molecule has 9 heteroatoms. The predicted molar refractivity (Wildman–Crippen MR) is 87.9 cm³/mol. The minimum Gasteiger partial charge on any atom is -0.435 e. The number of nitrogens with one attached hydrogen (secondary N) is 1. The van der Waals surface area contributed by atoms with Crippen molar-refractivity contribution in [3.63, 3.8) is 0 Å². The second-order valence-electron chi connectivity index (χ2n) is 5.53. The highest BCUT2D eigenvalue weighted by atomic mass is 16.7. The van der Waals surface area contributed by atoms with Crippen molar-refractivity contribution >= 4 is 18.0 Å². The van der Waals surface area contributed by atoms with Crippen LogP contribution in [0.25, 0.3) is 0 Å². The molecule has 1 aromatic carbocycles. The van der Waals surface area contributed by atoms with Gasteiger partial charge in [-0.15, -0.1) is 0 Å². The second-order valence-corrected chi connectivity index (χ2v) is 5.53. The van der Waals surface area contributed by atoms with Gasteiger partial charge < -0.3 is 9.47 Å². The van der Waals surface area contributed by atoms with E-state index in [2.05, 4.69) is 15.6 Å². The molecule has 0 aliphatic heterocycles. The van der Waals surface area contributed by atoms with Crippen LogP contribution in [0, 0.1) is 13.8 Å². The third-order valence-electron chi connectivity index (χ3n) is 3.55. The van der Waals surface area contributed by atoms with Crippen molar-refractivity contribution in [1.29, 1.82) is 0 Å². The lowest BCUT2D eigenvalue weighted by Gasteiger charge is -2.11. The Hall–Kier alpha value is -2.97. The van der Waals surface area contributed by atoms with E-state index in [0.717, 1.165) is 11.1 Å². The monoisotopic (exact) mass is 348 g/mol. The molecule has 1 aromatic heterocycles. The number of anilines is 1. The predicted octanol–water partition coefficient (Wildman–Crippen LogP) is 1.66. The maximum Gasteiger partial charge on any atom is 0.510 e. The smallest absolute Gasteiger partial charge is 0.435 e. The first-order valence-corrected chi connectivity index (χ1v) is 7.87. The molecule has 0 radical (unpaired) electrons. The molecule has 0 saturated heterocycles. The van der Waals surface area contributed by atoms with Crippen LogP contribution in [-0.4, -0.2) is 33.8 Å². The van der Waals surface area contributed by atoms with E-state index in [1.807, 2.05) is 26.0 Å². The van der Waals surface area contributed by atoms with Gasteiger partial charge in [0, 0.05) is 0 Å². The highest BCUT2D eigenvalue weighted by molar-refractivity contribution is 6.04. The number of hydrogen-bond acceptors (Lipinski definition) is 6. The second kappa shape index (κ2) is 7.73. The topological polar surface area (TPSA) is 99.2 Å². The molecule has 2 aromatic rings. The molecule has 1 heterocycles. The molecule has 25 heavy (non-hydrogen) atoms. The lowest BCUT2D eigenvalue weighted by atomic mass is 10.1. The van der Waals surface area contributed by atoms with Crippen LogP contribution in [0.1, 0.15) is 41.6 Å². The molecule has 0 aliphatic carbocycles. The molecular weight excluding hydrogens is 326 g/mol. The molecule has 2 rings (SSSR count). The minimum atomic E-state index is -0.800. The summed E-state index contributed by atoms with van der Waals surface area (Å²) in [5.41, 5.74) is 2.50. The Labute approximate surface area is 145 Å². The van der Waals surface area contributed by atoms with Gasteiger partial charge in [0.2, 0.25) is 6.23 Å². The summed E-state index contributed by atoms with van der Waals surface area (Å²) in [4.78, 5) is 25.1. The van der Waals surface area contributed by atoms with Crippen molar-refractivity contribution in [1.82, 2.24) is 15.1 Å². The summed E-state index contributed by atoms with van der Waals surface area (Å²) < 4.78 is 11.3.